The van der Waals surface area contributed by atoms with Crippen molar-refractivity contribution in [2.24, 2.45) is 4.99 Å². The summed E-state index contributed by atoms with van der Waals surface area (Å²) in [7, 11) is 1.81. The number of benzene rings is 1. The predicted molar refractivity (Wildman–Crippen MR) is 113 cm³/mol. The molecule has 7 heteroatoms. The molecule has 0 saturated carbocycles. The largest absolute Gasteiger partial charge is 0.378 e. The number of hydrogen-bond acceptors (Lipinski definition) is 5. The van der Waals surface area contributed by atoms with Gasteiger partial charge in [-0.25, -0.2) is 4.98 Å². The van der Waals surface area contributed by atoms with Crippen LogP contribution in [0.2, 0.25) is 0 Å². The van der Waals surface area contributed by atoms with Gasteiger partial charge in [0.2, 0.25) is 0 Å². The lowest BCUT2D eigenvalue weighted by atomic mass is 10.1. The van der Waals surface area contributed by atoms with Crippen LogP contribution in [0, 0.1) is 0 Å². The average Bonchev–Trinajstić information content (AvgIpc) is 3.19. The minimum Gasteiger partial charge on any atom is -0.378 e. The second-order valence-electron chi connectivity index (χ2n) is 6.40. The fourth-order valence-corrected chi connectivity index (χ4v) is 3.95. The Hall–Kier alpha value is -2.12. The van der Waals surface area contributed by atoms with Crippen LogP contribution in [0.4, 0.5) is 5.69 Å². The lowest BCUT2D eigenvalue weighted by Gasteiger charge is -2.30. The summed E-state index contributed by atoms with van der Waals surface area (Å²) < 4.78 is 5.48. The molecule has 1 fully saturated rings. The molecule has 0 bridgehead atoms. The zero-order valence-electron chi connectivity index (χ0n) is 16.2. The minimum absolute atomic E-state index is 0.741. The number of nitrogens with zero attached hydrogens (tertiary/aromatic N) is 3. The Kier molecular flexibility index (Phi) is 7.47. The molecule has 27 heavy (non-hydrogen) atoms. The van der Waals surface area contributed by atoms with Gasteiger partial charge in [-0.1, -0.05) is 25.1 Å². The van der Waals surface area contributed by atoms with Crippen molar-refractivity contribution in [2.45, 2.75) is 26.3 Å². The second-order valence-corrected chi connectivity index (χ2v) is 7.60. The Morgan fingerprint density at radius 1 is 1.26 bits per heavy atom. The highest BCUT2D eigenvalue weighted by molar-refractivity contribution is 7.11. The van der Waals surface area contributed by atoms with Crippen molar-refractivity contribution in [1.82, 2.24) is 15.6 Å². The summed E-state index contributed by atoms with van der Waals surface area (Å²) in [5.41, 5.74) is 2.55. The number of thiazole rings is 1. The first-order valence-electron chi connectivity index (χ1n) is 9.59. The summed E-state index contributed by atoms with van der Waals surface area (Å²) in [6.07, 6.45) is 3.95. The number of ether oxygens (including phenoxy) is 1. The Morgan fingerprint density at radius 2 is 2.07 bits per heavy atom. The molecule has 6 nitrogen and oxygen atoms in total. The van der Waals surface area contributed by atoms with Gasteiger partial charge in [-0.3, -0.25) is 4.99 Å². The van der Waals surface area contributed by atoms with Gasteiger partial charge in [0.1, 0.15) is 0 Å². The van der Waals surface area contributed by atoms with Gasteiger partial charge in [-0.15, -0.1) is 11.3 Å². The smallest absolute Gasteiger partial charge is 0.191 e. The van der Waals surface area contributed by atoms with Crippen molar-refractivity contribution in [3.05, 3.63) is 45.9 Å². The first-order chi connectivity index (χ1) is 13.3. The molecule has 146 valence electrons. The number of para-hydroxylation sites is 1. The first kappa shape index (κ1) is 19.6. The van der Waals surface area contributed by atoms with Crippen molar-refractivity contribution in [3.8, 4) is 0 Å². The molecule has 0 aliphatic carbocycles. The number of guanidine groups is 1. The highest BCUT2D eigenvalue weighted by atomic mass is 32.1. The summed E-state index contributed by atoms with van der Waals surface area (Å²) in [6, 6.07) is 8.55. The van der Waals surface area contributed by atoms with E-state index in [9.17, 15) is 0 Å². The zero-order valence-corrected chi connectivity index (χ0v) is 17.0. The van der Waals surface area contributed by atoms with Crippen LogP contribution in [0.25, 0.3) is 0 Å². The third kappa shape index (κ3) is 5.68. The number of morpholine rings is 1. The SMILES string of the molecule is CCc1cnc(CCNC(=NC)NCc2ccccc2N2CCOCC2)s1. The normalized spacial score (nSPS) is 15.0. The van der Waals surface area contributed by atoms with Gasteiger partial charge in [0, 0.05) is 56.4 Å². The summed E-state index contributed by atoms with van der Waals surface area (Å²) in [5.74, 6) is 0.819. The van der Waals surface area contributed by atoms with Gasteiger partial charge in [0.25, 0.3) is 0 Å². The van der Waals surface area contributed by atoms with Crippen molar-refractivity contribution >= 4 is 23.0 Å². The molecule has 1 saturated heterocycles. The molecule has 2 heterocycles. The molecule has 1 aliphatic heterocycles. The van der Waals surface area contributed by atoms with Crippen LogP contribution in [0.5, 0.6) is 0 Å². The third-order valence-corrected chi connectivity index (χ3v) is 5.80. The van der Waals surface area contributed by atoms with E-state index in [4.69, 9.17) is 4.74 Å². The van der Waals surface area contributed by atoms with E-state index < -0.39 is 0 Å². The molecule has 1 aromatic heterocycles. The van der Waals surface area contributed by atoms with Crippen LogP contribution in [-0.4, -0.2) is 50.8 Å². The second kappa shape index (κ2) is 10.3. The monoisotopic (exact) mass is 387 g/mol. The molecule has 0 atom stereocenters. The van der Waals surface area contributed by atoms with Crippen LogP contribution in [0.1, 0.15) is 22.4 Å². The van der Waals surface area contributed by atoms with Gasteiger partial charge in [-0.2, -0.15) is 0 Å². The highest BCUT2D eigenvalue weighted by Gasteiger charge is 2.14. The van der Waals surface area contributed by atoms with E-state index in [2.05, 4.69) is 56.7 Å². The van der Waals surface area contributed by atoms with E-state index in [-0.39, 0.29) is 0 Å². The van der Waals surface area contributed by atoms with Gasteiger partial charge in [-0.05, 0) is 18.1 Å². The maximum atomic E-state index is 5.48. The summed E-state index contributed by atoms with van der Waals surface area (Å²) in [5, 5.41) is 7.99. The van der Waals surface area contributed by atoms with E-state index >= 15 is 0 Å². The Morgan fingerprint density at radius 3 is 2.81 bits per heavy atom. The van der Waals surface area contributed by atoms with Gasteiger partial charge < -0.3 is 20.3 Å². The molecule has 0 spiro atoms. The number of rotatable bonds is 7. The number of aromatic nitrogens is 1. The standard InChI is InChI=1S/C20H29N5OS/c1-3-17-15-23-19(27-17)8-9-22-20(21-2)24-14-16-6-4-5-7-18(16)25-10-12-26-13-11-25/h4-7,15H,3,8-14H2,1-2H3,(H2,21,22,24). The molecule has 0 radical (unpaired) electrons. The summed E-state index contributed by atoms with van der Waals surface area (Å²) in [4.78, 5) is 12.5. The predicted octanol–water partition coefficient (Wildman–Crippen LogP) is 2.45. The van der Waals surface area contributed by atoms with Crippen molar-refractivity contribution in [2.75, 3.05) is 44.8 Å². The molecule has 1 aromatic carbocycles. The third-order valence-electron chi connectivity index (χ3n) is 4.59. The molecule has 0 unspecified atom stereocenters. The fourth-order valence-electron chi connectivity index (χ4n) is 3.09. The Bertz CT molecular complexity index is 739. The minimum atomic E-state index is 0.741. The molecular weight excluding hydrogens is 358 g/mol. The molecule has 0 amide bonds. The maximum absolute atomic E-state index is 5.48. The lowest BCUT2D eigenvalue weighted by molar-refractivity contribution is 0.122. The molecular formula is C20H29N5OS. The van der Waals surface area contributed by atoms with E-state index in [1.807, 2.05) is 13.2 Å². The highest BCUT2D eigenvalue weighted by Crippen LogP contribution is 2.21. The van der Waals surface area contributed by atoms with Gasteiger partial charge in [0.05, 0.1) is 18.2 Å². The van der Waals surface area contributed by atoms with E-state index in [0.717, 1.165) is 58.2 Å². The van der Waals surface area contributed by atoms with Crippen molar-refractivity contribution in [3.63, 3.8) is 0 Å². The van der Waals surface area contributed by atoms with Crippen LogP contribution in [0.3, 0.4) is 0 Å². The fraction of sp³-hybridized carbons (Fsp3) is 0.500. The van der Waals surface area contributed by atoms with E-state index in [1.165, 1.54) is 21.1 Å². The van der Waals surface area contributed by atoms with Crippen LogP contribution >= 0.6 is 11.3 Å². The Balaban J connectivity index is 1.50. The topological polar surface area (TPSA) is 61.8 Å². The number of aliphatic imine (C=N–C) groups is 1. The number of aryl methyl sites for hydroxylation is 1. The molecule has 2 N–H and O–H groups in total. The lowest BCUT2D eigenvalue weighted by Crippen LogP contribution is -2.39. The average molecular weight is 388 g/mol. The Labute approximate surface area is 165 Å². The van der Waals surface area contributed by atoms with Gasteiger partial charge in [0.15, 0.2) is 5.96 Å². The van der Waals surface area contributed by atoms with Crippen molar-refractivity contribution in [1.29, 1.82) is 0 Å². The molecule has 2 aromatic rings. The number of hydrogen-bond donors (Lipinski definition) is 2. The molecule has 3 rings (SSSR count). The van der Waals surface area contributed by atoms with Gasteiger partial charge >= 0.3 is 0 Å². The quantitative estimate of drug-likeness (QED) is 0.564. The number of nitrogens with one attached hydrogen (secondary N) is 2. The zero-order chi connectivity index (χ0) is 18.9. The molecule has 1 aliphatic rings. The van der Waals surface area contributed by atoms with Crippen LogP contribution in [0.15, 0.2) is 35.5 Å². The number of anilines is 1. The van der Waals surface area contributed by atoms with Crippen molar-refractivity contribution < 1.29 is 4.74 Å². The van der Waals surface area contributed by atoms with E-state index in [1.54, 1.807) is 11.3 Å². The summed E-state index contributed by atoms with van der Waals surface area (Å²) >= 11 is 1.79. The van der Waals surface area contributed by atoms with Crippen LogP contribution < -0.4 is 15.5 Å². The summed E-state index contributed by atoms with van der Waals surface area (Å²) in [6.45, 7) is 7.19. The maximum Gasteiger partial charge on any atom is 0.191 e. The first-order valence-corrected chi connectivity index (χ1v) is 10.4. The van der Waals surface area contributed by atoms with Crippen LogP contribution in [-0.2, 0) is 24.1 Å². The van der Waals surface area contributed by atoms with E-state index in [0.29, 0.717) is 0 Å².